The molecule has 0 radical (unpaired) electrons. The average Bonchev–Trinajstić information content (AvgIpc) is 2.68. The summed E-state index contributed by atoms with van der Waals surface area (Å²) in [7, 11) is 0. The van der Waals surface area contributed by atoms with Gasteiger partial charge < -0.3 is 10.4 Å². The molecular formula is C12H21NO2. The van der Waals surface area contributed by atoms with Gasteiger partial charge >= 0.3 is 5.97 Å². The van der Waals surface area contributed by atoms with E-state index in [0.29, 0.717) is 12.1 Å². The molecule has 0 aromatic carbocycles. The highest BCUT2D eigenvalue weighted by molar-refractivity contribution is 5.70. The van der Waals surface area contributed by atoms with Gasteiger partial charge in [0, 0.05) is 12.1 Å². The number of hydrogen-bond donors (Lipinski definition) is 2. The lowest BCUT2D eigenvalue weighted by atomic mass is 9.94. The lowest BCUT2D eigenvalue weighted by Gasteiger charge is -2.26. The first-order valence-electron chi connectivity index (χ1n) is 6.24. The Morgan fingerprint density at radius 1 is 1.00 bits per heavy atom. The first-order chi connectivity index (χ1) is 7.25. The SMILES string of the molecule is O=C(O)[C@@H]1CC[C@H](NC2CCCCC2)C1. The molecule has 3 heteroatoms. The Labute approximate surface area is 91.2 Å². The molecule has 0 bridgehead atoms. The normalized spacial score (nSPS) is 33.1. The Bertz CT molecular complexity index is 224. The quantitative estimate of drug-likeness (QED) is 0.752. The topological polar surface area (TPSA) is 49.3 Å². The first-order valence-corrected chi connectivity index (χ1v) is 6.24. The highest BCUT2D eigenvalue weighted by atomic mass is 16.4. The van der Waals surface area contributed by atoms with E-state index < -0.39 is 5.97 Å². The molecule has 2 N–H and O–H groups in total. The van der Waals surface area contributed by atoms with Crippen molar-refractivity contribution < 1.29 is 9.90 Å². The third-order valence-electron chi connectivity index (χ3n) is 3.86. The highest BCUT2D eigenvalue weighted by Gasteiger charge is 2.30. The van der Waals surface area contributed by atoms with Crippen LogP contribution in [0.2, 0.25) is 0 Å². The Morgan fingerprint density at radius 3 is 2.33 bits per heavy atom. The van der Waals surface area contributed by atoms with Gasteiger partial charge in [0.2, 0.25) is 0 Å². The van der Waals surface area contributed by atoms with Gasteiger partial charge in [-0.25, -0.2) is 0 Å². The van der Waals surface area contributed by atoms with Gasteiger partial charge in [0.25, 0.3) is 0 Å². The van der Waals surface area contributed by atoms with Gasteiger partial charge in [-0.2, -0.15) is 0 Å². The van der Waals surface area contributed by atoms with Gasteiger partial charge in [-0.3, -0.25) is 4.79 Å². The third-order valence-corrected chi connectivity index (χ3v) is 3.86. The summed E-state index contributed by atoms with van der Waals surface area (Å²) in [5, 5.41) is 12.5. The van der Waals surface area contributed by atoms with Crippen LogP contribution in [0.3, 0.4) is 0 Å². The molecule has 2 atom stereocenters. The van der Waals surface area contributed by atoms with Gasteiger partial charge in [0.05, 0.1) is 5.92 Å². The molecule has 0 aliphatic heterocycles. The molecule has 2 aliphatic rings. The van der Waals surface area contributed by atoms with Gasteiger partial charge in [-0.05, 0) is 32.1 Å². The van der Waals surface area contributed by atoms with Crippen molar-refractivity contribution in [3.8, 4) is 0 Å². The number of carboxylic acids is 1. The van der Waals surface area contributed by atoms with Crippen LogP contribution in [0.15, 0.2) is 0 Å². The van der Waals surface area contributed by atoms with Crippen molar-refractivity contribution >= 4 is 5.97 Å². The predicted octanol–water partition coefficient (Wildman–Crippen LogP) is 2.16. The number of carboxylic acid groups (broad SMARTS) is 1. The second-order valence-electron chi connectivity index (χ2n) is 5.05. The Balaban J connectivity index is 1.74. The van der Waals surface area contributed by atoms with Crippen LogP contribution in [0.4, 0.5) is 0 Å². The van der Waals surface area contributed by atoms with E-state index in [1.807, 2.05) is 0 Å². The van der Waals surface area contributed by atoms with Crippen molar-refractivity contribution in [1.29, 1.82) is 0 Å². The van der Waals surface area contributed by atoms with E-state index in [-0.39, 0.29) is 5.92 Å². The van der Waals surface area contributed by atoms with Gasteiger partial charge in [-0.15, -0.1) is 0 Å². The van der Waals surface area contributed by atoms with Gasteiger partial charge in [0.1, 0.15) is 0 Å². The second-order valence-corrected chi connectivity index (χ2v) is 5.05. The monoisotopic (exact) mass is 211 g/mol. The van der Waals surface area contributed by atoms with Gasteiger partial charge in [0.15, 0.2) is 0 Å². The average molecular weight is 211 g/mol. The molecule has 0 heterocycles. The molecule has 2 aliphatic carbocycles. The summed E-state index contributed by atoms with van der Waals surface area (Å²) in [4.78, 5) is 10.8. The summed E-state index contributed by atoms with van der Waals surface area (Å²) < 4.78 is 0. The van der Waals surface area contributed by atoms with Crippen molar-refractivity contribution in [3.63, 3.8) is 0 Å². The molecular weight excluding hydrogens is 190 g/mol. The maximum atomic E-state index is 10.8. The van der Waals surface area contributed by atoms with Crippen LogP contribution in [0.1, 0.15) is 51.4 Å². The number of nitrogens with one attached hydrogen (secondary N) is 1. The fourth-order valence-corrected chi connectivity index (χ4v) is 2.96. The lowest BCUT2D eigenvalue weighted by molar-refractivity contribution is -0.141. The molecule has 0 saturated heterocycles. The van der Waals surface area contributed by atoms with E-state index in [4.69, 9.17) is 5.11 Å². The molecule has 3 nitrogen and oxygen atoms in total. The molecule has 0 aromatic heterocycles. The summed E-state index contributed by atoms with van der Waals surface area (Å²) in [5.41, 5.74) is 0. The molecule has 0 aromatic rings. The third kappa shape index (κ3) is 2.94. The van der Waals surface area contributed by atoms with Crippen LogP contribution in [-0.4, -0.2) is 23.2 Å². The molecule has 0 spiro atoms. The maximum Gasteiger partial charge on any atom is 0.306 e. The standard InChI is InChI=1S/C12H21NO2/c14-12(15)9-6-7-11(8-9)13-10-4-2-1-3-5-10/h9-11,13H,1-8H2,(H,14,15)/t9-,11+/m1/s1. The van der Waals surface area contributed by atoms with Gasteiger partial charge in [-0.1, -0.05) is 19.3 Å². The summed E-state index contributed by atoms with van der Waals surface area (Å²) >= 11 is 0. The Morgan fingerprint density at radius 2 is 1.73 bits per heavy atom. The second kappa shape index (κ2) is 4.97. The van der Waals surface area contributed by atoms with Crippen LogP contribution in [-0.2, 0) is 4.79 Å². The predicted molar refractivity (Wildman–Crippen MR) is 58.8 cm³/mol. The maximum absolute atomic E-state index is 10.8. The fraction of sp³-hybridized carbons (Fsp3) is 0.917. The minimum absolute atomic E-state index is 0.0916. The van der Waals surface area contributed by atoms with E-state index >= 15 is 0 Å². The van der Waals surface area contributed by atoms with Crippen LogP contribution in [0, 0.1) is 5.92 Å². The summed E-state index contributed by atoms with van der Waals surface area (Å²) in [6, 6.07) is 1.13. The van der Waals surface area contributed by atoms with Crippen molar-refractivity contribution in [2.45, 2.75) is 63.5 Å². The molecule has 15 heavy (non-hydrogen) atoms. The number of hydrogen-bond acceptors (Lipinski definition) is 2. The van der Waals surface area contributed by atoms with Crippen molar-refractivity contribution in [3.05, 3.63) is 0 Å². The minimum Gasteiger partial charge on any atom is -0.481 e. The Hall–Kier alpha value is -0.570. The van der Waals surface area contributed by atoms with E-state index in [9.17, 15) is 4.79 Å². The van der Waals surface area contributed by atoms with Crippen molar-refractivity contribution in [2.24, 2.45) is 5.92 Å². The summed E-state index contributed by atoms with van der Waals surface area (Å²) in [5.74, 6) is -0.700. The van der Waals surface area contributed by atoms with Crippen LogP contribution >= 0.6 is 0 Å². The smallest absolute Gasteiger partial charge is 0.306 e. The number of rotatable bonds is 3. The number of aliphatic carboxylic acids is 1. The fourth-order valence-electron chi connectivity index (χ4n) is 2.96. The van der Waals surface area contributed by atoms with Crippen molar-refractivity contribution in [2.75, 3.05) is 0 Å². The summed E-state index contributed by atoms with van der Waals surface area (Å²) in [6.07, 6.45) is 9.38. The highest BCUT2D eigenvalue weighted by Crippen LogP contribution is 2.27. The van der Waals surface area contributed by atoms with Crippen molar-refractivity contribution in [1.82, 2.24) is 5.32 Å². The number of carbonyl (C=O) groups is 1. The largest absolute Gasteiger partial charge is 0.481 e. The molecule has 86 valence electrons. The molecule has 2 saturated carbocycles. The molecule has 2 rings (SSSR count). The summed E-state index contributed by atoms with van der Waals surface area (Å²) in [6.45, 7) is 0. The minimum atomic E-state index is -0.608. The first kappa shape index (κ1) is 10.9. The Kier molecular flexibility index (Phi) is 3.62. The molecule has 0 unspecified atom stereocenters. The zero-order valence-corrected chi connectivity index (χ0v) is 9.24. The lowest BCUT2D eigenvalue weighted by Crippen LogP contribution is -2.38. The van der Waals surface area contributed by atoms with E-state index in [1.54, 1.807) is 0 Å². The van der Waals surface area contributed by atoms with E-state index in [0.717, 1.165) is 19.3 Å². The van der Waals surface area contributed by atoms with E-state index in [1.165, 1.54) is 32.1 Å². The van der Waals surface area contributed by atoms with Crippen LogP contribution in [0.5, 0.6) is 0 Å². The van der Waals surface area contributed by atoms with Crippen LogP contribution in [0.25, 0.3) is 0 Å². The zero-order valence-electron chi connectivity index (χ0n) is 9.24. The van der Waals surface area contributed by atoms with E-state index in [2.05, 4.69) is 5.32 Å². The zero-order chi connectivity index (χ0) is 10.7. The van der Waals surface area contributed by atoms with Crippen LogP contribution < -0.4 is 5.32 Å². The molecule has 2 fully saturated rings. The molecule has 0 amide bonds.